The third-order valence-electron chi connectivity index (χ3n) is 1.57. The fourth-order valence-corrected chi connectivity index (χ4v) is 0.764. The van der Waals surface area contributed by atoms with E-state index in [4.69, 9.17) is 4.74 Å². The number of nitrogens with one attached hydrogen (secondary N) is 1. The van der Waals surface area contributed by atoms with Crippen LogP contribution in [0.25, 0.3) is 0 Å². The van der Waals surface area contributed by atoms with Crippen molar-refractivity contribution in [1.29, 1.82) is 0 Å². The smallest absolute Gasteiger partial charge is 0.246 e. The molecule has 3 heteroatoms. The highest BCUT2D eigenvalue weighted by molar-refractivity contribution is 5.78. The molecule has 1 aliphatic rings. The molecule has 1 aliphatic heterocycles. The van der Waals surface area contributed by atoms with E-state index in [0.717, 1.165) is 0 Å². The summed E-state index contributed by atoms with van der Waals surface area (Å²) < 4.78 is 5.09. The highest BCUT2D eigenvalue weighted by Crippen LogP contribution is 2.02. The number of ether oxygens (including phenoxy) is 1. The van der Waals surface area contributed by atoms with Gasteiger partial charge in [-0.05, 0) is 13.8 Å². The monoisotopic (exact) mass is 129 g/mol. The Morgan fingerprint density at radius 2 is 2.33 bits per heavy atom. The minimum atomic E-state index is -0.0133. The Labute approximate surface area is 54.4 Å². The van der Waals surface area contributed by atoms with Crippen molar-refractivity contribution in [3.8, 4) is 0 Å². The summed E-state index contributed by atoms with van der Waals surface area (Å²) in [6.07, 6.45) is 0.155. The maximum Gasteiger partial charge on any atom is 0.246 e. The zero-order chi connectivity index (χ0) is 6.85. The third kappa shape index (κ3) is 1.42. The van der Waals surface area contributed by atoms with E-state index < -0.39 is 0 Å². The van der Waals surface area contributed by atoms with Crippen LogP contribution in [0.1, 0.15) is 13.8 Å². The fraction of sp³-hybridized carbons (Fsp3) is 0.833. The summed E-state index contributed by atoms with van der Waals surface area (Å²) in [6, 6.07) is 0.159. The molecule has 1 amide bonds. The zero-order valence-electron chi connectivity index (χ0n) is 5.68. The molecule has 9 heavy (non-hydrogen) atoms. The largest absolute Gasteiger partial charge is 0.367 e. The Morgan fingerprint density at radius 1 is 1.67 bits per heavy atom. The molecule has 1 N–H and O–H groups in total. The first-order valence-electron chi connectivity index (χ1n) is 3.11. The number of carbonyl (C=O) groups excluding carboxylic acids is 1. The molecule has 0 spiro atoms. The summed E-state index contributed by atoms with van der Waals surface area (Å²) >= 11 is 0. The second kappa shape index (κ2) is 2.35. The van der Waals surface area contributed by atoms with Crippen LogP contribution in [0.2, 0.25) is 0 Å². The molecular formula is C6H11NO2. The summed E-state index contributed by atoms with van der Waals surface area (Å²) in [6.45, 7) is 4.09. The van der Waals surface area contributed by atoms with Crippen molar-refractivity contribution < 1.29 is 9.53 Å². The van der Waals surface area contributed by atoms with E-state index in [0.29, 0.717) is 0 Å². The van der Waals surface area contributed by atoms with Gasteiger partial charge in [-0.3, -0.25) is 4.79 Å². The van der Waals surface area contributed by atoms with Gasteiger partial charge in [0.15, 0.2) is 0 Å². The van der Waals surface area contributed by atoms with E-state index in [-0.39, 0.29) is 24.7 Å². The van der Waals surface area contributed by atoms with Crippen LogP contribution < -0.4 is 5.32 Å². The molecule has 1 saturated heterocycles. The van der Waals surface area contributed by atoms with Crippen LogP contribution in [-0.4, -0.2) is 24.7 Å². The molecule has 0 aromatic heterocycles. The molecule has 0 aromatic rings. The maximum atomic E-state index is 10.6. The number of hydrogen-bond acceptors (Lipinski definition) is 2. The second-order valence-corrected chi connectivity index (χ2v) is 2.37. The Balaban J connectivity index is 2.44. The predicted molar refractivity (Wildman–Crippen MR) is 33.0 cm³/mol. The highest BCUT2D eigenvalue weighted by atomic mass is 16.5. The number of amides is 1. The van der Waals surface area contributed by atoms with Gasteiger partial charge in [0.05, 0.1) is 12.1 Å². The van der Waals surface area contributed by atoms with E-state index >= 15 is 0 Å². The molecule has 2 atom stereocenters. The molecule has 1 heterocycles. The summed E-state index contributed by atoms with van der Waals surface area (Å²) in [5.74, 6) is -0.0133. The molecule has 0 aromatic carbocycles. The molecule has 1 rings (SSSR count). The van der Waals surface area contributed by atoms with Gasteiger partial charge in [-0.15, -0.1) is 0 Å². The van der Waals surface area contributed by atoms with Gasteiger partial charge in [-0.2, -0.15) is 0 Å². The van der Waals surface area contributed by atoms with Gasteiger partial charge in [0.1, 0.15) is 6.61 Å². The zero-order valence-corrected chi connectivity index (χ0v) is 5.68. The lowest BCUT2D eigenvalue weighted by Crippen LogP contribution is -2.48. The number of morpholine rings is 1. The van der Waals surface area contributed by atoms with E-state index in [1.807, 2.05) is 13.8 Å². The molecule has 0 radical (unpaired) electrons. The van der Waals surface area contributed by atoms with Crippen LogP contribution in [0, 0.1) is 0 Å². The molecular weight excluding hydrogens is 118 g/mol. The summed E-state index contributed by atoms with van der Waals surface area (Å²) in [5.41, 5.74) is 0. The van der Waals surface area contributed by atoms with Gasteiger partial charge in [-0.25, -0.2) is 0 Å². The van der Waals surface area contributed by atoms with Crippen molar-refractivity contribution >= 4 is 5.91 Å². The Morgan fingerprint density at radius 3 is 2.78 bits per heavy atom. The quantitative estimate of drug-likeness (QED) is 0.496. The lowest BCUT2D eigenvalue weighted by Gasteiger charge is -2.26. The molecule has 2 unspecified atom stereocenters. The predicted octanol–water partition coefficient (Wildman–Crippen LogP) is -0.0902. The first kappa shape index (κ1) is 6.55. The summed E-state index contributed by atoms with van der Waals surface area (Å²) in [7, 11) is 0. The average Bonchev–Trinajstić information content (AvgIpc) is 1.80. The van der Waals surface area contributed by atoms with Crippen molar-refractivity contribution in [3.05, 3.63) is 0 Å². The number of rotatable bonds is 0. The van der Waals surface area contributed by atoms with Gasteiger partial charge >= 0.3 is 0 Å². The van der Waals surface area contributed by atoms with Crippen LogP contribution in [0.4, 0.5) is 0 Å². The Hall–Kier alpha value is -0.570. The lowest BCUT2D eigenvalue weighted by molar-refractivity contribution is -0.135. The van der Waals surface area contributed by atoms with E-state index in [9.17, 15) is 4.79 Å². The normalized spacial score (nSPS) is 36.0. The molecule has 1 fully saturated rings. The lowest BCUT2D eigenvalue weighted by atomic mass is 10.2. The van der Waals surface area contributed by atoms with Gasteiger partial charge in [0.2, 0.25) is 5.91 Å². The molecule has 0 aliphatic carbocycles. The first-order valence-corrected chi connectivity index (χ1v) is 3.11. The van der Waals surface area contributed by atoms with Crippen molar-refractivity contribution in [2.75, 3.05) is 6.61 Å². The van der Waals surface area contributed by atoms with Gasteiger partial charge < -0.3 is 10.1 Å². The van der Waals surface area contributed by atoms with Crippen molar-refractivity contribution in [2.24, 2.45) is 0 Å². The van der Waals surface area contributed by atoms with Gasteiger partial charge in [-0.1, -0.05) is 0 Å². The van der Waals surface area contributed by atoms with Gasteiger partial charge in [0, 0.05) is 0 Å². The minimum absolute atomic E-state index is 0.0133. The SMILES string of the molecule is CC1NC(=O)COC1C. The van der Waals surface area contributed by atoms with Crippen LogP contribution in [-0.2, 0) is 9.53 Å². The van der Waals surface area contributed by atoms with Crippen molar-refractivity contribution in [2.45, 2.75) is 26.0 Å². The van der Waals surface area contributed by atoms with Crippen molar-refractivity contribution in [3.63, 3.8) is 0 Å². The molecule has 3 nitrogen and oxygen atoms in total. The van der Waals surface area contributed by atoms with Gasteiger partial charge in [0.25, 0.3) is 0 Å². The van der Waals surface area contributed by atoms with Crippen LogP contribution in [0.15, 0.2) is 0 Å². The third-order valence-corrected chi connectivity index (χ3v) is 1.57. The number of hydrogen-bond donors (Lipinski definition) is 1. The first-order chi connectivity index (χ1) is 4.20. The van der Waals surface area contributed by atoms with E-state index in [1.54, 1.807) is 0 Å². The highest BCUT2D eigenvalue weighted by Gasteiger charge is 2.20. The van der Waals surface area contributed by atoms with Crippen LogP contribution in [0.5, 0.6) is 0 Å². The van der Waals surface area contributed by atoms with Crippen LogP contribution >= 0.6 is 0 Å². The van der Waals surface area contributed by atoms with E-state index in [1.165, 1.54) is 0 Å². The summed E-state index contributed by atoms with van der Waals surface area (Å²) in [5, 5.41) is 2.77. The second-order valence-electron chi connectivity index (χ2n) is 2.37. The fourth-order valence-electron chi connectivity index (χ4n) is 0.764. The topological polar surface area (TPSA) is 38.3 Å². The Kier molecular flexibility index (Phi) is 1.71. The Bertz CT molecular complexity index is 124. The maximum absolute atomic E-state index is 10.6. The van der Waals surface area contributed by atoms with E-state index in [2.05, 4.69) is 5.32 Å². The minimum Gasteiger partial charge on any atom is -0.367 e. The number of carbonyl (C=O) groups is 1. The molecule has 0 saturated carbocycles. The summed E-state index contributed by atoms with van der Waals surface area (Å²) in [4.78, 5) is 10.6. The molecule has 0 bridgehead atoms. The standard InChI is InChI=1S/C6H11NO2/c1-4-5(2)9-3-6(8)7-4/h4-5H,3H2,1-2H3,(H,7,8). The van der Waals surface area contributed by atoms with Crippen molar-refractivity contribution in [1.82, 2.24) is 5.32 Å². The van der Waals surface area contributed by atoms with Crippen LogP contribution in [0.3, 0.4) is 0 Å². The molecule has 52 valence electrons. The average molecular weight is 129 g/mol.